The topological polar surface area (TPSA) is 109 Å². The Morgan fingerprint density at radius 2 is 1.89 bits per heavy atom. The van der Waals surface area contributed by atoms with E-state index in [4.69, 9.17) is 16.2 Å². The maximum Gasteiger partial charge on any atom is 0.242 e. The van der Waals surface area contributed by atoms with Crippen LogP contribution in [0.5, 0.6) is 5.88 Å². The number of ether oxygens (including phenoxy) is 1. The molecule has 0 amide bonds. The van der Waals surface area contributed by atoms with Gasteiger partial charge >= 0.3 is 0 Å². The lowest BCUT2D eigenvalue weighted by atomic mass is 9.64. The summed E-state index contributed by atoms with van der Waals surface area (Å²) in [4.78, 5) is 4.64. The van der Waals surface area contributed by atoms with Crippen molar-refractivity contribution in [3.05, 3.63) is 48.7 Å². The Bertz CT molecular complexity index is 1170. The molecule has 0 saturated heterocycles. The molecule has 0 spiro atoms. The molecule has 1 aliphatic carbocycles. The molecular weight excluding hydrogens is 342 g/mol. The van der Waals surface area contributed by atoms with Crippen molar-refractivity contribution in [2.75, 3.05) is 7.11 Å². The molecule has 1 saturated carbocycles. The van der Waals surface area contributed by atoms with E-state index in [2.05, 4.69) is 21.2 Å². The highest BCUT2D eigenvalue weighted by atomic mass is 16.5. The molecule has 1 fully saturated rings. The van der Waals surface area contributed by atoms with Gasteiger partial charge in [0.05, 0.1) is 18.2 Å². The van der Waals surface area contributed by atoms with Crippen molar-refractivity contribution in [3.63, 3.8) is 0 Å². The Balaban J connectivity index is 1.65. The van der Waals surface area contributed by atoms with Gasteiger partial charge in [-0.1, -0.05) is 0 Å². The van der Waals surface area contributed by atoms with Crippen molar-refractivity contribution in [2.24, 2.45) is 11.5 Å². The van der Waals surface area contributed by atoms with Crippen LogP contribution in [-0.2, 0) is 5.54 Å². The second-order valence-electron chi connectivity index (χ2n) is 7.75. The molecule has 4 heterocycles. The molecule has 0 unspecified atom stereocenters. The molecule has 0 atom stereocenters. The van der Waals surface area contributed by atoms with Crippen LogP contribution in [0.1, 0.15) is 25.6 Å². The molecule has 4 aromatic heterocycles. The molecular formula is C19H21N7O. The van der Waals surface area contributed by atoms with Crippen LogP contribution in [0.3, 0.4) is 0 Å². The highest BCUT2D eigenvalue weighted by Crippen LogP contribution is 2.44. The Morgan fingerprint density at radius 3 is 2.63 bits per heavy atom. The van der Waals surface area contributed by atoms with Gasteiger partial charge in [0.25, 0.3) is 0 Å². The Morgan fingerprint density at radius 1 is 1.11 bits per heavy atom. The van der Waals surface area contributed by atoms with E-state index in [-0.39, 0.29) is 5.54 Å². The van der Waals surface area contributed by atoms with Crippen LogP contribution in [0, 0.1) is 0 Å². The van der Waals surface area contributed by atoms with Crippen molar-refractivity contribution < 1.29 is 4.74 Å². The van der Waals surface area contributed by atoms with Crippen LogP contribution >= 0.6 is 0 Å². The lowest BCUT2D eigenvalue weighted by molar-refractivity contribution is 0.114. The van der Waals surface area contributed by atoms with Crippen molar-refractivity contribution in [2.45, 2.75) is 30.8 Å². The van der Waals surface area contributed by atoms with E-state index in [1.807, 2.05) is 42.0 Å². The van der Waals surface area contributed by atoms with Gasteiger partial charge in [-0.3, -0.25) is 0 Å². The maximum atomic E-state index is 6.50. The second-order valence-corrected chi connectivity index (χ2v) is 7.75. The predicted octanol–water partition coefficient (Wildman–Crippen LogP) is 1.72. The summed E-state index contributed by atoms with van der Waals surface area (Å²) in [6.07, 6.45) is 6.89. The summed E-state index contributed by atoms with van der Waals surface area (Å²) in [7, 11) is 1.61. The predicted molar refractivity (Wildman–Crippen MR) is 101 cm³/mol. The third-order valence-corrected chi connectivity index (χ3v) is 5.27. The first-order valence-electron chi connectivity index (χ1n) is 8.84. The zero-order valence-electron chi connectivity index (χ0n) is 15.3. The fourth-order valence-electron chi connectivity index (χ4n) is 4.22. The van der Waals surface area contributed by atoms with Gasteiger partial charge in [0.2, 0.25) is 5.88 Å². The molecule has 4 aromatic rings. The smallest absolute Gasteiger partial charge is 0.242 e. The van der Waals surface area contributed by atoms with Crippen LogP contribution in [0.2, 0.25) is 0 Å². The molecule has 0 aromatic carbocycles. The molecule has 5 rings (SSSR count). The zero-order chi connectivity index (χ0) is 18.8. The van der Waals surface area contributed by atoms with Crippen LogP contribution in [0.4, 0.5) is 0 Å². The SMILES string of the molecule is COc1nc(C2(N)CC(C)(N)C2)nn2ccc(-c3ccn4nccc4c3)c12. The lowest BCUT2D eigenvalue weighted by Crippen LogP contribution is -2.63. The van der Waals surface area contributed by atoms with Gasteiger partial charge in [-0.15, -0.1) is 0 Å². The molecule has 0 radical (unpaired) electrons. The van der Waals surface area contributed by atoms with E-state index in [1.165, 1.54) is 0 Å². The summed E-state index contributed by atoms with van der Waals surface area (Å²) in [6, 6.07) is 8.06. The molecule has 27 heavy (non-hydrogen) atoms. The largest absolute Gasteiger partial charge is 0.479 e. The van der Waals surface area contributed by atoms with E-state index in [0.717, 1.165) is 22.2 Å². The number of aromatic nitrogens is 5. The summed E-state index contributed by atoms with van der Waals surface area (Å²) >= 11 is 0. The highest BCUT2D eigenvalue weighted by Gasteiger charge is 2.50. The van der Waals surface area contributed by atoms with Crippen molar-refractivity contribution >= 4 is 11.0 Å². The fraction of sp³-hybridized carbons (Fsp3) is 0.316. The van der Waals surface area contributed by atoms with Crippen LogP contribution in [-0.4, -0.2) is 36.9 Å². The molecule has 8 nitrogen and oxygen atoms in total. The van der Waals surface area contributed by atoms with E-state index in [9.17, 15) is 0 Å². The Kier molecular flexibility index (Phi) is 3.17. The Labute approximate surface area is 155 Å². The van der Waals surface area contributed by atoms with Gasteiger partial charge < -0.3 is 16.2 Å². The van der Waals surface area contributed by atoms with Crippen LogP contribution in [0.25, 0.3) is 22.2 Å². The van der Waals surface area contributed by atoms with E-state index in [0.29, 0.717) is 24.5 Å². The third kappa shape index (κ3) is 2.41. The van der Waals surface area contributed by atoms with E-state index in [1.54, 1.807) is 17.8 Å². The number of pyridine rings is 1. The first-order valence-corrected chi connectivity index (χ1v) is 8.84. The first kappa shape index (κ1) is 16.2. The molecule has 4 N–H and O–H groups in total. The summed E-state index contributed by atoms with van der Waals surface area (Å²) < 4.78 is 9.22. The number of methoxy groups -OCH3 is 1. The van der Waals surface area contributed by atoms with Crippen molar-refractivity contribution in [1.29, 1.82) is 0 Å². The molecule has 0 aliphatic heterocycles. The number of hydrogen-bond acceptors (Lipinski definition) is 6. The lowest BCUT2D eigenvalue weighted by Gasteiger charge is -2.49. The number of fused-ring (bicyclic) bond motifs is 2. The Hall–Kier alpha value is -2.97. The molecule has 0 bridgehead atoms. The van der Waals surface area contributed by atoms with Gasteiger partial charge in [0, 0.05) is 29.7 Å². The molecule has 138 valence electrons. The summed E-state index contributed by atoms with van der Waals surface area (Å²) in [5, 5.41) is 8.91. The number of nitrogens with two attached hydrogens (primary N) is 2. The third-order valence-electron chi connectivity index (χ3n) is 5.27. The van der Waals surface area contributed by atoms with Gasteiger partial charge in [0.15, 0.2) is 5.82 Å². The minimum Gasteiger partial charge on any atom is -0.479 e. The fourth-order valence-corrected chi connectivity index (χ4v) is 4.22. The summed E-state index contributed by atoms with van der Waals surface area (Å²) in [5.74, 6) is 1.06. The summed E-state index contributed by atoms with van der Waals surface area (Å²) in [6.45, 7) is 1.99. The standard InChI is InChI=1S/C19H21N7O/c1-18(20)10-19(21,11-18)17-23-16(27-2)15-14(5-8-26(15)24-17)12-4-7-25-13(9-12)3-6-22-25/h3-9H,10-11,20-21H2,1-2H3. The average Bonchev–Trinajstić information content (AvgIpc) is 3.24. The first-order chi connectivity index (χ1) is 12.9. The van der Waals surface area contributed by atoms with Gasteiger partial charge in [-0.25, -0.2) is 9.03 Å². The average molecular weight is 363 g/mol. The van der Waals surface area contributed by atoms with Gasteiger partial charge in [-0.05, 0) is 49.6 Å². The maximum absolute atomic E-state index is 6.50. The van der Waals surface area contributed by atoms with E-state index < -0.39 is 5.54 Å². The normalized spacial score (nSPS) is 25.0. The van der Waals surface area contributed by atoms with Gasteiger partial charge in [-0.2, -0.15) is 15.2 Å². The summed E-state index contributed by atoms with van der Waals surface area (Å²) in [5.41, 5.74) is 15.6. The number of rotatable bonds is 3. The number of nitrogens with zero attached hydrogens (tertiary/aromatic N) is 5. The van der Waals surface area contributed by atoms with Gasteiger partial charge in [0.1, 0.15) is 5.52 Å². The van der Waals surface area contributed by atoms with Crippen LogP contribution in [0.15, 0.2) is 42.9 Å². The minimum absolute atomic E-state index is 0.275. The monoisotopic (exact) mass is 363 g/mol. The minimum atomic E-state index is -0.619. The van der Waals surface area contributed by atoms with Crippen molar-refractivity contribution in [3.8, 4) is 17.0 Å². The second kappa shape index (κ2) is 5.28. The molecule has 1 aliphatic rings. The van der Waals surface area contributed by atoms with Crippen LogP contribution < -0.4 is 16.2 Å². The molecule has 8 heteroatoms. The highest BCUT2D eigenvalue weighted by molar-refractivity contribution is 5.85. The quantitative estimate of drug-likeness (QED) is 0.574. The van der Waals surface area contributed by atoms with E-state index >= 15 is 0 Å². The zero-order valence-corrected chi connectivity index (χ0v) is 15.3. The number of hydrogen-bond donors (Lipinski definition) is 2. The van der Waals surface area contributed by atoms with Crippen molar-refractivity contribution in [1.82, 2.24) is 24.2 Å².